The maximum Gasteiger partial charge on any atom is 0.282 e. The van der Waals surface area contributed by atoms with E-state index in [4.69, 9.17) is 0 Å². The molecule has 2 aromatic carbocycles. The van der Waals surface area contributed by atoms with Gasteiger partial charge in [0.15, 0.2) is 0 Å². The lowest BCUT2D eigenvalue weighted by molar-refractivity contribution is 0.612. The van der Waals surface area contributed by atoms with E-state index in [1.807, 2.05) is 54.6 Å². The fourth-order valence-electron chi connectivity index (χ4n) is 3.62. The van der Waals surface area contributed by atoms with Gasteiger partial charge in [-0.1, -0.05) is 92.8 Å². The minimum Gasteiger partial charge on any atom is -0.292 e. The summed E-state index contributed by atoms with van der Waals surface area (Å²) in [6, 6.07) is 17.8. The Labute approximate surface area is 186 Å². The van der Waals surface area contributed by atoms with Crippen molar-refractivity contribution in [3.63, 3.8) is 0 Å². The summed E-state index contributed by atoms with van der Waals surface area (Å²) < 4.78 is 2.59. The number of rotatable bonds is 10. The first-order chi connectivity index (χ1) is 15.3. The maximum absolute atomic E-state index is 13.3. The Bertz CT molecular complexity index is 1170. The molecule has 1 N–H and O–H groups in total. The molecular weight excluding hydrogens is 404 g/mol. The molecule has 0 radical (unpaired) electrons. The third-order valence-corrected chi connectivity index (χ3v) is 6.35. The molecule has 6 heteroatoms. The van der Waals surface area contributed by atoms with Gasteiger partial charge in [-0.2, -0.15) is 4.68 Å². The number of para-hydroxylation sites is 1. The molecule has 2 heterocycles. The molecule has 4 rings (SSSR count). The molecule has 0 amide bonds. The van der Waals surface area contributed by atoms with Crippen molar-refractivity contribution in [1.82, 2.24) is 14.8 Å². The zero-order valence-corrected chi connectivity index (χ0v) is 18.7. The van der Waals surface area contributed by atoms with E-state index in [0.29, 0.717) is 10.7 Å². The fourth-order valence-corrected chi connectivity index (χ4v) is 4.55. The summed E-state index contributed by atoms with van der Waals surface area (Å²) in [5.41, 5.74) is 3.08. The van der Waals surface area contributed by atoms with Crippen LogP contribution in [0.25, 0.3) is 26.6 Å². The van der Waals surface area contributed by atoms with E-state index in [9.17, 15) is 4.79 Å². The Morgan fingerprint density at radius 1 is 1.00 bits per heavy atom. The number of aromatic nitrogens is 3. The number of aliphatic imine (C=N–C) groups is 1. The molecule has 0 fully saturated rings. The molecular formula is C25H28N4OS. The zero-order valence-electron chi connectivity index (χ0n) is 17.9. The van der Waals surface area contributed by atoms with Gasteiger partial charge >= 0.3 is 0 Å². The second-order valence-corrected chi connectivity index (χ2v) is 8.68. The molecule has 0 aliphatic rings. The Morgan fingerprint density at radius 2 is 1.74 bits per heavy atom. The van der Waals surface area contributed by atoms with Crippen molar-refractivity contribution in [1.29, 1.82) is 0 Å². The Kier molecular flexibility index (Phi) is 7.10. The van der Waals surface area contributed by atoms with E-state index in [0.717, 1.165) is 34.4 Å². The van der Waals surface area contributed by atoms with Gasteiger partial charge in [-0.15, -0.1) is 0 Å². The van der Waals surface area contributed by atoms with Crippen molar-refractivity contribution < 1.29 is 0 Å². The number of nitrogens with one attached hydrogen (secondary N) is 1. The van der Waals surface area contributed by atoms with Crippen molar-refractivity contribution in [3.8, 4) is 16.4 Å². The lowest BCUT2D eigenvalue weighted by atomic mass is 10.1. The third kappa shape index (κ3) is 5.02. The van der Waals surface area contributed by atoms with Crippen molar-refractivity contribution in [2.75, 3.05) is 6.54 Å². The number of fused-ring (bicyclic) bond motifs is 1. The highest BCUT2D eigenvalue weighted by molar-refractivity contribution is 7.20. The van der Waals surface area contributed by atoms with E-state index < -0.39 is 0 Å². The van der Waals surface area contributed by atoms with Gasteiger partial charge in [-0.3, -0.25) is 14.9 Å². The van der Waals surface area contributed by atoms with Gasteiger partial charge in [0.2, 0.25) is 5.13 Å². The lowest BCUT2D eigenvalue weighted by Crippen LogP contribution is -2.17. The zero-order chi connectivity index (χ0) is 21.5. The second-order valence-electron chi connectivity index (χ2n) is 7.67. The molecule has 0 aliphatic heterocycles. The Morgan fingerprint density at radius 3 is 2.55 bits per heavy atom. The van der Waals surface area contributed by atoms with Crippen molar-refractivity contribution in [3.05, 3.63) is 70.5 Å². The number of nitrogens with zero attached hydrogens (tertiary/aromatic N) is 3. The molecule has 0 atom stereocenters. The van der Waals surface area contributed by atoms with Crippen molar-refractivity contribution in [2.24, 2.45) is 4.99 Å². The number of hydrogen-bond donors (Lipinski definition) is 1. The normalized spacial score (nSPS) is 11.6. The molecule has 0 unspecified atom stereocenters. The van der Waals surface area contributed by atoms with Crippen LogP contribution < -0.4 is 5.56 Å². The SMILES string of the molecule is CCCCCCCCN=Cc1c(-c2ccccc2)[nH]n(-c2nc3ccccc3s2)c1=O. The number of aromatic amines is 1. The first-order valence-electron chi connectivity index (χ1n) is 11.0. The summed E-state index contributed by atoms with van der Waals surface area (Å²) >= 11 is 1.50. The van der Waals surface area contributed by atoms with Gasteiger partial charge in [0.25, 0.3) is 5.56 Å². The van der Waals surface area contributed by atoms with Crippen LogP contribution in [0.4, 0.5) is 0 Å². The van der Waals surface area contributed by atoms with Crippen LogP contribution in [-0.4, -0.2) is 27.5 Å². The van der Waals surface area contributed by atoms with Gasteiger partial charge in [0.1, 0.15) is 0 Å². The summed E-state index contributed by atoms with van der Waals surface area (Å²) in [7, 11) is 0. The van der Waals surface area contributed by atoms with Crippen LogP contribution >= 0.6 is 11.3 Å². The highest BCUT2D eigenvalue weighted by Crippen LogP contribution is 2.25. The maximum atomic E-state index is 13.3. The minimum absolute atomic E-state index is 0.121. The van der Waals surface area contributed by atoms with Gasteiger partial charge in [-0.05, 0) is 18.6 Å². The number of unbranched alkanes of at least 4 members (excludes halogenated alkanes) is 5. The molecule has 0 aliphatic carbocycles. The number of thiazole rings is 1. The standard InChI is InChI=1S/C25H28N4OS/c1-2-3-4-5-6-12-17-26-18-20-23(19-13-8-7-9-14-19)28-29(24(20)30)25-27-21-15-10-11-16-22(21)31-25/h7-11,13-16,18,28H,2-6,12,17H2,1H3. The van der Waals surface area contributed by atoms with Crippen LogP contribution in [0, 0.1) is 0 Å². The summed E-state index contributed by atoms with van der Waals surface area (Å²) in [4.78, 5) is 22.5. The molecule has 5 nitrogen and oxygen atoms in total. The Balaban J connectivity index is 1.60. The van der Waals surface area contributed by atoms with Crippen LogP contribution in [0.3, 0.4) is 0 Å². The first kappa shape index (κ1) is 21.2. The smallest absolute Gasteiger partial charge is 0.282 e. The predicted octanol–water partition coefficient (Wildman–Crippen LogP) is 6.22. The molecule has 4 aromatic rings. The van der Waals surface area contributed by atoms with Crippen molar-refractivity contribution in [2.45, 2.75) is 45.4 Å². The number of hydrogen-bond acceptors (Lipinski definition) is 4. The number of benzene rings is 2. The van der Waals surface area contributed by atoms with Gasteiger partial charge < -0.3 is 0 Å². The van der Waals surface area contributed by atoms with Gasteiger partial charge in [0.05, 0.1) is 21.5 Å². The fraction of sp³-hybridized carbons (Fsp3) is 0.320. The topological polar surface area (TPSA) is 63.0 Å². The highest BCUT2D eigenvalue weighted by Gasteiger charge is 2.17. The molecule has 160 valence electrons. The predicted molar refractivity (Wildman–Crippen MR) is 131 cm³/mol. The molecule has 0 spiro atoms. The molecule has 0 saturated heterocycles. The summed E-state index contributed by atoms with van der Waals surface area (Å²) in [5, 5.41) is 3.92. The van der Waals surface area contributed by atoms with Crippen molar-refractivity contribution >= 4 is 27.8 Å². The average molecular weight is 433 g/mol. The van der Waals surface area contributed by atoms with E-state index in [-0.39, 0.29) is 5.56 Å². The second kappa shape index (κ2) is 10.4. The van der Waals surface area contributed by atoms with Crippen LogP contribution in [0.15, 0.2) is 64.4 Å². The summed E-state index contributed by atoms with van der Waals surface area (Å²) in [6.45, 7) is 2.97. The van der Waals surface area contributed by atoms with Crippen LogP contribution in [0.2, 0.25) is 0 Å². The summed E-state index contributed by atoms with van der Waals surface area (Å²) in [5.74, 6) is 0. The first-order valence-corrected chi connectivity index (χ1v) is 11.9. The van der Waals surface area contributed by atoms with Crippen LogP contribution in [0.1, 0.15) is 51.0 Å². The largest absolute Gasteiger partial charge is 0.292 e. The average Bonchev–Trinajstić information content (AvgIpc) is 3.37. The lowest BCUT2D eigenvalue weighted by Gasteiger charge is -1.99. The Hall–Kier alpha value is -2.99. The molecule has 0 bridgehead atoms. The molecule has 31 heavy (non-hydrogen) atoms. The van der Waals surface area contributed by atoms with E-state index in [1.54, 1.807) is 10.9 Å². The quantitative estimate of drug-likeness (QED) is 0.239. The third-order valence-electron chi connectivity index (χ3n) is 5.32. The molecule has 0 saturated carbocycles. The highest BCUT2D eigenvalue weighted by atomic mass is 32.1. The minimum atomic E-state index is -0.121. The van der Waals surface area contributed by atoms with Gasteiger partial charge in [-0.25, -0.2) is 4.98 Å². The van der Waals surface area contributed by atoms with Gasteiger partial charge in [0, 0.05) is 18.3 Å². The van der Waals surface area contributed by atoms with E-state index in [1.165, 1.54) is 43.4 Å². The van der Waals surface area contributed by atoms with E-state index in [2.05, 4.69) is 22.0 Å². The molecule has 2 aromatic heterocycles. The van der Waals surface area contributed by atoms with E-state index >= 15 is 0 Å². The number of H-pyrrole nitrogens is 1. The summed E-state index contributed by atoms with van der Waals surface area (Å²) in [6.07, 6.45) is 9.09. The van der Waals surface area contributed by atoms with Crippen LogP contribution in [-0.2, 0) is 0 Å². The monoisotopic (exact) mass is 432 g/mol. The van der Waals surface area contributed by atoms with Crippen LogP contribution in [0.5, 0.6) is 0 Å².